The molecule has 3 rings (SSSR count). The molecule has 0 saturated heterocycles. The van der Waals surface area contributed by atoms with Crippen molar-refractivity contribution >= 4 is 11.6 Å². The lowest BCUT2D eigenvalue weighted by Gasteiger charge is -2.08. The molecule has 2 aromatic rings. The Kier molecular flexibility index (Phi) is 3.06. The molecule has 0 atom stereocenters. The fourth-order valence-corrected chi connectivity index (χ4v) is 2.06. The van der Waals surface area contributed by atoms with Gasteiger partial charge in [0.25, 0.3) is 5.91 Å². The predicted octanol–water partition coefficient (Wildman–Crippen LogP) is 3.28. The minimum absolute atomic E-state index is 0.161. The van der Waals surface area contributed by atoms with E-state index in [2.05, 4.69) is 5.32 Å². The Morgan fingerprint density at radius 1 is 1.00 bits per heavy atom. The second-order valence-corrected chi connectivity index (χ2v) is 4.82. The van der Waals surface area contributed by atoms with Gasteiger partial charge in [0.15, 0.2) is 11.5 Å². The van der Waals surface area contributed by atoms with E-state index in [0.29, 0.717) is 17.1 Å². The van der Waals surface area contributed by atoms with Crippen molar-refractivity contribution in [2.24, 2.45) is 0 Å². The number of rotatable bonds is 2. The summed E-state index contributed by atoms with van der Waals surface area (Å²) in [5, 5.41) is 2.88. The van der Waals surface area contributed by atoms with Gasteiger partial charge in [0, 0.05) is 11.3 Å². The van der Waals surface area contributed by atoms with Gasteiger partial charge in [-0.2, -0.15) is 0 Å². The normalized spacial score (nSPS) is 12.3. The van der Waals surface area contributed by atoms with Gasteiger partial charge in [-0.25, -0.2) is 0 Å². The van der Waals surface area contributed by atoms with Crippen molar-refractivity contribution in [3.63, 3.8) is 0 Å². The molecule has 0 bridgehead atoms. The summed E-state index contributed by atoms with van der Waals surface area (Å²) in [6.45, 7) is 4.27. The Morgan fingerprint density at radius 2 is 1.80 bits per heavy atom. The topological polar surface area (TPSA) is 47.6 Å². The van der Waals surface area contributed by atoms with Gasteiger partial charge in [-0.05, 0) is 55.3 Å². The lowest BCUT2D eigenvalue weighted by Crippen LogP contribution is -2.11. The average molecular weight is 269 g/mol. The molecular weight excluding hydrogens is 254 g/mol. The molecule has 1 N–H and O–H groups in total. The van der Waals surface area contributed by atoms with E-state index in [1.165, 1.54) is 5.56 Å². The molecule has 20 heavy (non-hydrogen) atoms. The molecule has 4 nitrogen and oxygen atoms in total. The summed E-state index contributed by atoms with van der Waals surface area (Å²) >= 11 is 0. The highest BCUT2D eigenvalue weighted by Gasteiger charge is 2.16. The summed E-state index contributed by atoms with van der Waals surface area (Å²) in [5.74, 6) is 1.12. The van der Waals surface area contributed by atoms with Crippen molar-refractivity contribution in [3.8, 4) is 11.5 Å². The Labute approximate surface area is 117 Å². The summed E-state index contributed by atoms with van der Waals surface area (Å²) in [5.41, 5.74) is 3.68. The first kappa shape index (κ1) is 12.5. The maximum Gasteiger partial charge on any atom is 0.255 e. The van der Waals surface area contributed by atoms with Crippen LogP contribution < -0.4 is 14.8 Å². The molecule has 0 aromatic heterocycles. The molecule has 1 amide bonds. The van der Waals surface area contributed by atoms with Crippen LogP contribution in [0.5, 0.6) is 11.5 Å². The SMILES string of the molecule is Cc1ccc(NC(=O)c2ccc3c(c2)OCO3)cc1C. The number of nitrogens with one attached hydrogen (secondary N) is 1. The van der Waals surface area contributed by atoms with Crippen LogP contribution in [0.1, 0.15) is 21.5 Å². The number of carbonyl (C=O) groups excluding carboxylic acids is 1. The quantitative estimate of drug-likeness (QED) is 0.910. The number of hydrogen-bond acceptors (Lipinski definition) is 3. The first-order valence-electron chi connectivity index (χ1n) is 6.42. The van der Waals surface area contributed by atoms with Crippen LogP contribution in [-0.2, 0) is 0 Å². The molecule has 0 aliphatic carbocycles. The van der Waals surface area contributed by atoms with Crippen molar-refractivity contribution in [2.45, 2.75) is 13.8 Å². The Hall–Kier alpha value is -2.49. The van der Waals surface area contributed by atoms with Gasteiger partial charge in [-0.1, -0.05) is 6.07 Å². The summed E-state index contributed by atoms with van der Waals surface area (Å²) < 4.78 is 10.5. The van der Waals surface area contributed by atoms with E-state index in [1.807, 2.05) is 32.0 Å². The molecule has 1 aliphatic rings. The molecule has 0 fully saturated rings. The smallest absolute Gasteiger partial charge is 0.255 e. The van der Waals surface area contributed by atoms with Crippen LogP contribution in [0.25, 0.3) is 0 Å². The minimum atomic E-state index is -0.161. The molecule has 0 radical (unpaired) electrons. The molecule has 4 heteroatoms. The van der Waals surface area contributed by atoms with Crippen molar-refractivity contribution in [2.75, 3.05) is 12.1 Å². The van der Waals surface area contributed by atoms with E-state index in [4.69, 9.17) is 9.47 Å². The Bertz CT molecular complexity index is 679. The zero-order valence-electron chi connectivity index (χ0n) is 11.4. The Morgan fingerprint density at radius 3 is 2.60 bits per heavy atom. The lowest BCUT2D eigenvalue weighted by atomic mass is 10.1. The molecule has 0 spiro atoms. The van der Waals surface area contributed by atoms with Gasteiger partial charge in [0.2, 0.25) is 6.79 Å². The summed E-state index contributed by atoms with van der Waals surface area (Å²) in [7, 11) is 0. The van der Waals surface area contributed by atoms with Gasteiger partial charge in [-0.3, -0.25) is 4.79 Å². The van der Waals surface area contributed by atoms with Crippen molar-refractivity contribution in [1.29, 1.82) is 0 Å². The summed E-state index contributed by atoms with van der Waals surface area (Å²) in [6.07, 6.45) is 0. The Balaban J connectivity index is 1.80. The highest BCUT2D eigenvalue weighted by Crippen LogP contribution is 2.32. The summed E-state index contributed by atoms with van der Waals surface area (Å²) in [6, 6.07) is 11.0. The maximum atomic E-state index is 12.2. The van der Waals surface area contributed by atoms with E-state index in [9.17, 15) is 4.79 Å². The van der Waals surface area contributed by atoms with Crippen molar-refractivity contribution in [3.05, 3.63) is 53.1 Å². The molecule has 0 unspecified atom stereocenters. The van der Waals surface area contributed by atoms with Crippen LogP contribution in [0.3, 0.4) is 0 Å². The van der Waals surface area contributed by atoms with E-state index >= 15 is 0 Å². The minimum Gasteiger partial charge on any atom is -0.454 e. The third kappa shape index (κ3) is 2.32. The molecule has 1 aliphatic heterocycles. The van der Waals surface area contributed by atoms with Crippen molar-refractivity contribution in [1.82, 2.24) is 0 Å². The average Bonchev–Trinajstić information content (AvgIpc) is 2.90. The number of fused-ring (bicyclic) bond motifs is 1. The summed E-state index contributed by atoms with van der Waals surface area (Å²) in [4.78, 5) is 12.2. The lowest BCUT2D eigenvalue weighted by molar-refractivity contribution is 0.102. The monoisotopic (exact) mass is 269 g/mol. The van der Waals surface area contributed by atoms with Crippen LogP contribution in [-0.4, -0.2) is 12.7 Å². The second-order valence-electron chi connectivity index (χ2n) is 4.82. The van der Waals surface area contributed by atoms with Crippen LogP contribution in [0.4, 0.5) is 5.69 Å². The fourth-order valence-electron chi connectivity index (χ4n) is 2.06. The number of carbonyl (C=O) groups is 1. The first-order valence-corrected chi connectivity index (χ1v) is 6.42. The number of anilines is 1. The molecular formula is C16H15NO3. The highest BCUT2D eigenvalue weighted by atomic mass is 16.7. The van der Waals surface area contributed by atoms with Gasteiger partial charge >= 0.3 is 0 Å². The molecule has 102 valence electrons. The standard InChI is InChI=1S/C16H15NO3/c1-10-3-5-13(7-11(10)2)17-16(18)12-4-6-14-15(8-12)20-9-19-14/h3-8H,9H2,1-2H3,(H,17,18). The fraction of sp³-hybridized carbons (Fsp3) is 0.188. The van der Waals surface area contributed by atoms with Gasteiger partial charge in [-0.15, -0.1) is 0 Å². The van der Waals surface area contributed by atoms with Crippen LogP contribution in [0.15, 0.2) is 36.4 Å². The number of ether oxygens (including phenoxy) is 2. The number of amides is 1. The molecule has 0 saturated carbocycles. The predicted molar refractivity (Wildman–Crippen MR) is 76.4 cm³/mol. The van der Waals surface area contributed by atoms with Crippen LogP contribution >= 0.6 is 0 Å². The zero-order valence-corrected chi connectivity index (χ0v) is 11.4. The van der Waals surface area contributed by atoms with E-state index in [0.717, 1.165) is 11.3 Å². The van der Waals surface area contributed by atoms with Gasteiger partial charge in [0.1, 0.15) is 0 Å². The van der Waals surface area contributed by atoms with Crippen LogP contribution in [0, 0.1) is 13.8 Å². The van der Waals surface area contributed by atoms with Crippen molar-refractivity contribution < 1.29 is 14.3 Å². The largest absolute Gasteiger partial charge is 0.454 e. The number of hydrogen-bond donors (Lipinski definition) is 1. The highest BCUT2D eigenvalue weighted by molar-refractivity contribution is 6.04. The van der Waals surface area contributed by atoms with Crippen LogP contribution in [0.2, 0.25) is 0 Å². The second kappa shape index (κ2) is 4.89. The maximum absolute atomic E-state index is 12.2. The first-order chi connectivity index (χ1) is 9.63. The zero-order chi connectivity index (χ0) is 14.1. The van der Waals surface area contributed by atoms with E-state index < -0.39 is 0 Å². The van der Waals surface area contributed by atoms with E-state index in [1.54, 1.807) is 18.2 Å². The van der Waals surface area contributed by atoms with E-state index in [-0.39, 0.29) is 12.7 Å². The molecule has 2 aromatic carbocycles. The third-order valence-electron chi connectivity index (χ3n) is 3.40. The molecule has 1 heterocycles. The number of benzene rings is 2. The number of aryl methyl sites for hydroxylation is 2. The van der Waals surface area contributed by atoms with Gasteiger partial charge in [0.05, 0.1) is 0 Å². The third-order valence-corrected chi connectivity index (χ3v) is 3.40. The van der Waals surface area contributed by atoms with Gasteiger partial charge < -0.3 is 14.8 Å².